The van der Waals surface area contributed by atoms with E-state index in [1.165, 1.54) is 0 Å². The highest BCUT2D eigenvalue weighted by atomic mass is 19.4. The van der Waals surface area contributed by atoms with Crippen molar-refractivity contribution in [3.8, 4) is 5.75 Å². The van der Waals surface area contributed by atoms with Gasteiger partial charge in [0.25, 0.3) is 0 Å². The SMILES string of the molecule is COc1cc(C(F)(F)F)cc(F)c1C=NN=C(N)N. The molecule has 0 aliphatic heterocycles. The number of rotatable bonds is 3. The van der Waals surface area contributed by atoms with Gasteiger partial charge in [-0.05, 0) is 12.1 Å². The maximum absolute atomic E-state index is 13.6. The third-order valence-corrected chi connectivity index (χ3v) is 2.00. The van der Waals surface area contributed by atoms with Crippen molar-refractivity contribution < 1.29 is 22.3 Å². The van der Waals surface area contributed by atoms with Gasteiger partial charge in [0, 0.05) is 0 Å². The summed E-state index contributed by atoms with van der Waals surface area (Å²) >= 11 is 0. The Morgan fingerprint density at radius 3 is 2.42 bits per heavy atom. The lowest BCUT2D eigenvalue weighted by atomic mass is 10.1. The number of guanidine groups is 1. The molecule has 9 heteroatoms. The van der Waals surface area contributed by atoms with Crippen molar-refractivity contribution in [1.82, 2.24) is 0 Å². The number of halogens is 4. The van der Waals surface area contributed by atoms with Crippen LogP contribution in [-0.2, 0) is 6.18 Å². The molecule has 0 heterocycles. The minimum absolute atomic E-state index is 0.291. The number of methoxy groups -OCH3 is 1. The summed E-state index contributed by atoms with van der Waals surface area (Å²) in [7, 11) is 1.10. The molecule has 0 aliphatic carbocycles. The van der Waals surface area contributed by atoms with Gasteiger partial charge in [0.2, 0.25) is 5.96 Å². The normalized spacial score (nSPS) is 11.6. The van der Waals surface area contributed by atoms with Crippen LogP contribution in [0.2, 0.25) is 0 Å². The molecular formula is C10H10F4N4O. The molecule has 0 unspecified atom stereocenters. The molecule has 1 aromatic rings. The first-order chi connectivity index (χ1) is 8.75. The van der Waals surface area contributed by atoms with E-state index >= 15 is 0 Å². The van der Waals surface area contributed by atoms with Gasteiger partial charge in [-0.15, -0.1) is 5.10 Å². The quantitative estimate of drug-likeness (QED) is 0.380. The van der Waals surface area contributed by atoms with Crippen LogP contribution in [0, 0.1) is 5.82 Å². The summed E-state index contributed by atoms with van der Waals surface area (Å²) in [5.41, 5.74) is 8.52. The maximum atomic E-state index is 13.6. The van der Waals surface area contributed by atoms with Crippen LogP contribution in [0.25, 0.3) is 0 Å². The predicted molar refractivity (Wildman–Crippen MR) is 61.4 cm³/mol. The van der Waals surface area contributed by atoms with Crippen molar-refractivity contribution in [3.63, 3.8) is 0 Å². The average Bonchev–Trinajstić information content (AvgIpc) is 2.28. The second kappa shape index (κ2) is 5.55. The first-order valence-corrected chi connectivity index (χ1v) is 4.82. The molecular weight excluding hydrogens is 268 g/mol. The number of hydrogen-bond donors (Lipinski definition) is 2. The third kappa shape index (κ3) is 3.83. The average molecular weight is 278 g/mol. The fourth-order valence-electron chi connectivity index (χ4n) is 1.20. The number of alkyl halides is 3. The molecule has 0 bridgehead atoms. The molecule has 0 saturated heterocycles. The summed E-state index contributed by atoms with van der Waals surface area (Å²) < 4.78 is 55.6. The predicted octanol–water partition coefficient (Wildman–Crippen LogP) is 1.46. The van der Waals surface area contributed by atoms with Crippen LogP contribution in [0.5, 0.6) is 5.75 Å². The molecule has 19 heavy (non-hydrogen) atoms. The highest BCUT2D eigenvalue weighted by Crippen LogP contribution is 2.34. The van der Waals surface area contributed by atoms with Crippen LogP contribution in [0.1, 0.15) is 11.1 Å². The van der Waals surface area contributed by atoms with Crippen molar-refractivity contribution >= 4 is 12.2 Å². The van der Waals surface area contributed by atoms with E-state index in [-0.39, 0.29) is 17.3 Å². The molecule has 1 rings (SSSR count). The van der Waals surface area contributed by atoms with E-state index in [0.29, 0.717) is 12.1 Å². The topological polar surface area (TPSA) is 86.0 Å². The summed E-state index contributed by atoms with van der Waals surface area (Å²) in [4.78, 5) is 0. The van der Waals surface area contributed by atoms with Crippen LogP contribution in [-0.4, -0.2) is 19.3 Å². The lowest BCUT2D eigenvalue weighted by Gasteiger charge is -2.11. The van der Waals surface area contributed by atoms with Crippen molar-refractivity contribution in [2.75, 3.05) is 7.11 Å². The Balaban J connectivity index is 3.27. The zero-order chi connectivity index (χ0) is 14.6. The Bertz CT molecular complexity index is 521. The largest absolute Gasteiger partial charge is 0.496 e. The first-order valence-electron chi connectivity index (χ1n) is 4.82. The first kappa shape index (κ1) is 14.7. The highest BCUT2D eigenvalue weighted by Gasteiger charge is 2.32. The molecule has 0 aromatic heterocycles. The van der Waals surface area contributed by atoms with Crippen molar-refractivity contribution in [2.24, 2.45) is 21.7 Å². The molecule has 0 amide bonds. The molecule has 0 fully saturated rings. The van der Waals surface area contributed by atoms with Crippen LogP contribution in [0.15, 0.2) is 22.3 Å². The van der Waals surface area contributed by atoms with Gasteiger partial charge in [-0.3, -0.25) is 0 Å². The van der Waals surface area contributed by atoms with E-state index in [0.717, 1.165) is 13.3 Å². The number of hydrogen-bond acceptors (Lipinski definition) is 3. The molecule has 4 N–H and O–H groups in total. The zero-order valence-corrected chi connectivity index (χ0v) is 9.70. The molecule has 1 aromatic carbocycles. The second-order valence-corrected chi connectivity index (χ2v) is 3.34. The Morgan fingerprint density at radius 1 is 1.32 bits per heavy atom. The number of benzene rings is 1. The summed E-state index contributed by atoms with van der Waals surface area (Å²) in [5.74, 6) is -1.86. The van der Waals surface area contributed by atoms with Gasteiger partial charge in [0.05, 0.1) is 24.5 Å². The van der Waals surface area contributed by atoms with Crippen LogP contribution in [0.4, 0.5) is 17.6 Å². The number of nitrogens with two attached hydrogens (primary N) is 2. The summed E-state index contributed by atoms with van der Waals surface area (Å²) in [6, 6.07) is 0.985. The molecule has 0 radical (unpaired) electrons. The second-order valence-electron chi connectivity index (χ2n) is 3.34. The van der Waals surface area contributed by atoms with E-state index in [9.17, 15) is 17.6 Å². The van der Waals surface area contributed by atoms with Crippen molar-refractivity contribution in [1.29, 1.82) is 0 Å². The molecule has 0 atom stereocenters. The van der Waals surface area contributed by atoms with Gasteiger partial charge in [0.1, 0.15) is 11.6 Å². The van der Waals surface area contributed by atoms with Crippen LogP contribution < -0.4 is 16.2 Å². The summed E-state index contributed by atoms with van der Waals surface area (Å²) in [5, 5.41) is 6.52. The Labute approximate surface area is 105 Å². The third-order valence-electron chi connectivity index (χ3n) is 2.00. The van der Waals surface area contributed by atoms with Gasteiger partial charge in [-0.2, -0.15) is 18.3 Å². The van der Waals surface area contributed by atoms with Crippen LogP contribution in [0.3, 0.4) is 0 Å². The Morgan fingerprint density at radius 2 is 1.95 bits per heavy atom. The van der Waals surface area contributed by atoms with Crippen molar-refractivity contribution in [2.45, 2.75) is 6.18 Å². The van der Waals surface area contributed by atoms with Crippen LogP contribution >= 0.6 is 0 Å². The smallest absolute Gasteiger partial charge is 0.416 e. The molecule has 0 saturated carbocycles. The Kier molecular flexibility index (Phi) is 4.30. The minimum Gasteiger partial charge on any atom is -0.496 e. The van der Waals surface area contributed by atoms with Gasteiger partial charge in [-0.1, -0.05) is 0 Å². The number of ether oxygens (including phenoxy) is 1. The van der Waals surface area contributed by atoms with E-state index in [1.54, 1.807) is 0 Å². The molecule has 104 valence electrons. The monoisotopic (exact) mass is 278 g/mol. The fourth-order valence-corrected chi connectivity index (χ4v) is 1.20. The van der Waals surface area contributed by atoms with E-state index < -0.39 is 17.6 Å². The van der Waals surface area contributed by atoms with E-state index in [4.69, 9.17) is 11.5 Å². The maximum Gasteiger partial charge on any atom is 0.416 e. The highest BCUT2D eigenvalue weighted by molar-refractivity contribution is 5.85. The van der Waals surface area contributed by atoms with E-state index in [2.05, 4.69) is 14.9 Å². The number of nitrogens with zero attached hydrogens (tertiary/aromatic N) is 2. The minimum atomic E-state index is -4.68. The standard InChI is InChI=1S/C10H10F4N4O/c1-19-8-3-5(10(12,13)14)2-7(11)6(8)4-17-18-9(15)16/h2-4H,1H3,(H4,15,16,18). The lowest BCUT2D eigenvalue weighted by molar-refractivity contribution is -0.137. The van der Waals surface area contributed by atoms with Gasteiger partial charge in [-0.25, -0.2) is 4.39 Å². The van der Waals surface area contributed by atoms with Gasteiger partial charge in [0.15, 0.2) is 0 Å². The molecule has 0 aliphatic rings. The zero-order valence-electron chi connectivity index (χ0n) is 9.70. The van der Waals surface area contributed by atoms with Crippen molar-refractivity contribution in [3.05, 3.63) is 29.1 Å². The molecule has 0 spiro atoms. The molecule has 5 nitrogen and oxygen atoms in total. The van der Waals surface area contributed by atoms with Gasteiger partial charge >= 0.3 is 6.18 Å². The fraction of sp³-hybridized carbons (Fsp3) is 0.200. The van der Waals surface area contributed by atoms with E-state index in [1.807, 2.05) is 0 Å². The summed E-state index contributed by atoms with van der Waals surface area (Å²) in [6.45, 7) is 0. The lowest BCUT2D eigenvalue weighted by Crippen LogP contribution is -2.21. The van der Waals surface area contributed by atoms with Gasteiger partial charge < -0.3 is 16.2 Å². The summed E-state index contributed by atoms with van der Waals surface area (Å²) in [6.07, 6.45) is -3.82. The Hall–Kier alpha value is -2.32.